The first-order valence-electron chi connectivity index (χ1n) is 4.82. The quantitative estimate of drug-likeness (QED) is 0.301. The Morgan fingerprint density at radius 3 is 3.21 bits per heavy atom. The summed E-state index contributed by atoms with van der Waals surface area (Å²) < 4.78 is 5.22. The van der Waals surface area contributed by atoms with Gasteiger partial charge in [0.2, 0.25) is 0 Å². The van der Waals surface area contributed by atoms with Crippen molar-refractivity contribution in [2.45, 2.75) is 37.3 Å². The summed E-state index contributed by atoms with van der Waals surface area (Å²) in [5.74, 6) is 0. The normalized spacial score (nSPS) is 50.7. The number of rotatable bonds is 0. The number of piperazine rings is 1. The van der Waals surface area contributed by atoms with E-state index in [-0.39, 0.29) is 24.6 Å². The Labute approximate surface area is 81.5 Å². The molecule has 0 aromatic carbocycles. The summed E-state index contributed by atoms with van der Waals surface area (Å²) in [6.45, 7) is 0. The smallest absolute Gasteiger partial charge is 0.178 e. The molecule has 6 N–H and O–H groups in total. The Morgan fingerprint density at radius 2 is 2.36 bits per heavy atom. The molecule has 0 amide bonds. The SMILES string of the molecule is NC1CC2NC3=CC(O)OC3NC2N1. The predicted octanol–water partition coefficient (Wildman–Crippen LogP) is -2.29. The summed E-state index contributed by atoms with van der Waals surface area (Å²) in [5.41, 5.74) is 6.68. The Morgan fingerprint density at radius 1 is 1.50 bits per heavy atom. The fraction of sp³-hybridized carbons (Fsp3) is 0.750. The number of aliphatic hydroxyl groups is 1. The average molecular weight is 198 g/mol. The molecule has 14 heavy (non-hydrogen) atoms. The molecule has 3 heterocycles. The predicted molar refractivity (Wildman–Crippen MR) is 48.5 cm³/mol. The molecule has 0 aromatic rings. The molecule has 5 unspecified atom stereocenters. The first-order valence-corrected chi connectivity index (χ1v) is 4.82. The van der Waals surface area contributed by atoms with Crippen LogP contribution in [0, 0.1) is 0 Å². The highest BCUT2D eigenvalue weighted by molar-refractivity contribution is 5.18. The average Bonchev–Trinajstić information content (AvgIpc) is 2.59. The van der Waals surface area contributed by atoms with E-state index in [0.717, 1.165) is 12.1 Å². The van der Waals surface area contributed by atoms with Gasteiger partial charge < -0.3 is 20.9 Å². The molecule has 0 saturated carbocycles. The third-order valence-corrected chi connectivity index (χ3v) is 2.87. The molecular weight excluding hydrogens is 184 g/mol. The van der Waals surface area contributed by atoms with Gasteiger partial charge in [-0.15, -0.1) is 0 Å². The van der Waals surface area contributed by atoms with E-state index in [4.69, 9.17) is 10.5 Å². The molecule has 2 saturated heterocycles. The molecule has 2 fully saturated rings. The number of ether oxygens (including phenoxy) is 1. The molecule has 5 atom stereocenters. The number of aliphatic hydroxyl groups excluding tert-OH is 1. The van der Waals surface area contributed by atoms with E-state index < -0.39 is 6.29 Å². The summed E-state index contributed by atoms with van der Waals surface area (Å²) >= 11 is 0. The minimum absolute atomic E-state index is 0.0225. The zero-order valence-corrected chi connectivity index (χ0v) is 7.60. The van der Waals surface area contributed by atoms with Crippen molar-refractivity contribution in [1.29, 1.82) is 0 Å². The summed E-state index contributed by atoms with van der Waals surface area (Å²) in [4.78, 5) is 0. The van der Waals surface area contributed by atoms with Gasteiger partial charge in [0.25, 0.3) is 0 Å². The van der Waals surface area contributed by atoms with Crippen LogP contribution < -0.4 is 21.7 Å². The van der Waals surface area contributed by atoms with Crippen LogP contribution in [0.4, 0.5) is 0 Å². The van der Waals surface area contributed by atoms with Crippen molar-refractivity contribution in [3.05, 3.63) is 11.8 Å². The fourth-order valence-electron chi connectivity index (χ4n) is 2.25. The van der Waals surface area contributed by atoms with Crippen molar-refractivity contribution in [2.75, 3.05) is 0 Å². The maximum absolute atomic E-state index is 9.25. The van der Waals surface area contributed by atoms with Crippen LogP contribution in [0.15, 0.2) is 11.8 Å². The number of fused-ring (bicyclic) bond motifs is 2. The van der Waals surface area contributed by atoms with E-state index in [1.54, 1.807) is 6.08 Å². The minimum Gasteiger partial charge on any atom is -0.379 e. The topological polar surface area (TPSA) is 91.6 Å². The Kier molecular flexibility index (Phi) is 1.80. The summed E-state index contributed by atoms with van der Waals surface area (Å²) in [7, 11) is 0. The standard InChI is InChI=1S/C8H14N4O2/c9-5-1-3-7(11-5)12-8-4(10-3)2-6(13)14-8/h2-3,5-8,10-13H,1,9H2. The van der Waals surface area contributed by atoms with Gasteiger partial charge in [0.15, 0.2) is 12.5 Å². The molecule has 3 aliphatic rings. The lowest BCUT2D eigenvalue weighted by Crippen LogP contribution is -2.60. The lowest BCUT2D eigenvalue weighted by molar-refractivity contribution is -0.0933. The van der Waals surface area contributed by atoms with Gasteiger partial charge in [-0.25, -0.2) is 0 Å². The van der Waals surface area contributed by atoms with Crippen molar-refractivity contribution in [3.8, 4) is 0 Å². The number of hydrogen-bond donors (Lipinski definition) is 5. The molecule has 3 rings (SSSR count). The zero-order valence-electron chi connectivity index (χ0n) is 7.60. The van der Waals surface area contributed by atoms with Crippen LogP contribution >= 0.6 is 0 Å². The van der Waals surface area contributed by atoms with Gasteiger partial charge >= 0.3 is 0 Å². The van der Waals surface area contributed by atoms with Gasteiger partial charge in [0.05, 0.1) is 24.1 Å². The molecule has 78 valence electrons. The largest absolute Gasteiger partial charge is 0.379 e. The molecule has 0 aromatic heterocycles. The Bertz CT molecular complexity index is 283. The monoisotopic (exact) mass is 198 g/mol. The fourth-order valence-corrected chi connectivity index (χ4v) is 2.25. The van der Waals surface area contributed by atoms with Crippen LogP contribution in [0.1, 0.15) is 6.42 Å². The van der Waals surface area contributed by atoms with E-state index in [2.05, 4.69) is 16.0 Å². The van der Waals surface area contributed by atoms with Crippen molar-refractivity contribution in [2.24, 2.45) is 5.73 Å². The third-order valence-electron chi connectivity index (χ3n) is 2.87. The van der Waals surface area contributed by atoms with Gasteiger partial charge in [-0.1, -0.05) is 0 Å². The second-order valence-corrected chi connectivity index (χ2v) is 3.93. The van der Waals surface area contributed by atoms with Crippen LogP contribution in [0.5, 0.6) is 0 Å². The number of hydrogen-bond acceptors (Lipinski definition) is 6. The maximum atomic E-state index is 9.25. The van der Waals surface area contributed by atoms with Crippen LogP contribution in [-0.2, 0) is 4.74 Å². The van der Waals surface area contributed by atoms with Gasteiger partial charge in [-0.05, 0) is 12.5 Å². The van der Waals surface area contributed by atoms with Crippen molar-refractivity contribution >= 4 is 0 Å². The van der Waals surface area contributed by atoms with E-state index in [1.165, 1.54) is 0 Å². The second kappa shape index (κ2) is 2.91. The molecule has 0 aliphatic carbocycles. The lowest BCUT2D eigenvalue weighted by atomic mass is 10.1. The molecule has 6 heteroatoms. The number of nitrogens with two attached hydrogens (primary N) is 1. The second-order valence-electron chi connectivity index (χ2n) is 3.93. The Hall–Kier alpha value is -0.660. The Balaban J connectivity index is 1.78. The summed E-state index contributed by atoms with van der Waals surface area (Å²) in [5, 5.41) is 19.0. The van der Waals surface area contributed by atoms with Gasteiger partial charge in [0, 0.05) is 0 Å². The first-order chi connectivity index (χ1) is 6.72. The zero-order chi connectivity index (χ0) is 9.71. The molecule has 0 radical (unpaired) electrons. The lowest BCUT2D eigenvalue weighted by Gasteiger charge is -2.33. The highest BCUT2D eigenvalue weighted by atomic mass is 16.6. The van der Waals surface area contributed by atoms with Crippen LogP contribution in [0.25, 0.3) is 0 Å². The van der Waals surface area contributed by atoms with Crippen molar-refractivity contribution in [1.82, 2.24) is 16.0 Å². The van der Waals surface area contributed by atoms with Gasteiger partial charge in [-0.3, -0.25) is 10.6 Å². The van der Waals surface area contributed by atoms with Gasteiger partial charge in [0.1, 0.15) is 0 Å². The third kappa shape index (κ3) is 1.23. The van der Waals surface area contributed by atoms with Crippen LogP contribution in [0.3, 0.4) is 0 Å². The van der Waals surface area contributed by atoms with E-state index >= 15 is 0 Å². The molecule has 0 spiro atoms. The number of nitrogens with one attached hydrogen (secondary N) is 3. The van der Waals surface area contributed by atoms with Crippen LogP contribution in [0.2, 0.25) is 0 Å². The van der Waals surface area contributed by atoms with Crippen molar-refractivity contribution in [3.63, 3.8) is 0 Å². The highest BCUT2D eigenvalue weighted by Gasteiger charge is 2.41. The van der Waals surface area contributed by atoms with Crippen molar-refractivity contribution < 1.29 is 9.84 Å². The molecular formula is C8H14N4O2. The summed E-state index contributed by atoms with van der Waals surface area (Å²) in [6.07, 6.45) is 1.66. The molecule has 6 nitrogen and oxygen atoms in total. The van der Waals surface area contributed by atoms with Gasteiger partial charge in [-0.2, -0.15) is 0 Å². The summed E-state index contributed by atoms with van der Waals surface area (Å²) in [6, 6.07) is 0.279. The minimum atomic E-state index is -0.803. The van der Waals surface area contributed by atoms with E-state index in [1.807, 2.05) is 0 Å². The highest BCUT2D eigenvalue weighted by Crippen LogP contribution is 2.23. The first kappa shape index (κ1) is 8.63. The van der Waals surface area contributed by atoms with Crippen LogP contribution in [-0.4, -0.2) is 36.0 Å². The molecule has 0 bridgehead atoms. The molecule has 3 aliphatic heterocycles. The van der Waals surface area contributed by atoms with E-state index in [9.17, 15) is 5.11 Å². The maximum Gasteiger partial charge on any atom is 0.178 e. The van der Waals surface area contributed by atoms with E-state index in [0.29, 0.717) is 0 Å².